The molecule has 1 saturated carbocycles. The summed E-state index contributed by atoms with van der Waals surface area (Å²) in [6, 6.07) is 8.24. The molecule has 2 bridgehead atoms. The van der Waals surface area contributed by atoms with Gasteiger partial charge in [-0.2, -0.15) is 0 Å². The maximum Gasteiger partial charge on any atom is 0.248 e. The molecule has 2 heterocycles. The van der Waals surface area contributed by atoms with Gasteiger partial charge in [0, 0.05) is 30.2 Å². The number of fused-ring (bicyclic) bond motifs is 2. The zero-order valence-corrected chi connectivity index (χ0v) is 17.1. The fourth-order valence-electron chi connectivity index (χ4n) is 5.52. The van der Waals surface area contributed by atoms with E-state index in [0.29, 0.717) is 30.0 Å². The number of carbonyl (C=O) groups is 2. The first-order chi connectivity index (χ1) is 14.0. The number of hydrogen-bond donors (Lipinski definition) is 3. The van der Waals surface area contributed by atoms with Crippen molar-refractivity contribution in [3.63, 3.8) is 0 Å². The molecule has 2 aliphatic heterocycles. The molecule has 0 aromatic heterocycles. The van der Waals surface area contributed by atoms with Crippen LogP contribution in [-0.4, -0.2) is 53.1 Å². The van der Waals surface area contributed by atoms with E-state index in [1.807, 2.05) is 17.0 Å². The number of carbonyl (C=O) groups excluding carboxylic acids is 2. The number of nitrogens with zero attached hydrogens (tertiary/aromatic N) is 1. The fourth-order valence-corrected chi connectivity index (χ4v) is 5.52. The van der Waals surface area contributed by atoms with Crippen molar-refractivity contribution in [2.45, 2.75) is 68.9 Å². The molecule has 6 nitrogen and oxygen atoms in total. The van der Waals surface area contributed by atoms with E-state index >= 15 is 0 Å². The highest BCUT2D eigenvalue weighted by Gasteiger charge is 2.45. The molecule has 3 aliphatic rings. The van der Waals surface area contributed by atoms with Crippen molar-refractivity contribution in [3.8, 4) is 0 Å². The molecule has 29 heavy (non-hydrogen) atoms. The van der Waals surface area contributed by atoms with Gasteiger partial charge < -0.3 is 21.1 Å². The Labute approximate surface area is 172 Å². The summed E-state index contributed by atoms with van der Waals surface area (Å²) >= 11 is 0. The van der Waals surface area contributed by atoms with E-state index in [4.69, 9.17) is 5.73 Å². The number of aliphatic hydroxyl groups is 1. The number of rotatable bonds is 8. The van der Waals surface area contributed by atoms with Gasteiger partial charge >= 0.3 is 0 Å². The first-order valence-corrected chi connectivity index (χ1v) is 11.0. The second-order valence-corrected chi connectivity index (χ2v) is 9.33. The Morgan fingerprint density at radius 1 is 1.28 bits per heavy atom. The molecule has 6 heteroatoms. The van der Waals surface area contributed by atoms with Crippen LogP contribution >= 0.6 is 0 Å². The topological polar surface area (TPSA) is 95.7 Å². The van der Waals surface area contributed by atoms with Crippen LogP contribution in [0, 0.1) is 5.92 Å². The lowest BCUT2D eigenvalue weighted by molar-refractivity contribution is -0.135. The second kappa shape index (κ2) is 8.44. The number of piperidine rings is 1. The lowest BCUT2D eigenvalue weighted by Crippen LogP contribution is -2.51. The van der Waals surface area contributed by atoms with Gasteiger partial charge in [-0.1, -0.05) is 18.6 Å². The van der Waals surface area contributed by atoms with Crippen LogP contribution in [0.15, 0.2) is 24.3 Å². The van der Waals surface area contributed by atoms with E-state index < -0.39 is 6.61 Å². The van der Waals surface area contributed by atoms with Crippen molar-refractivity contribution in [2.75, 3.05) is 19.7 Å². The van der Waals surface area contributed by atoms with Crippen LogP contribution in [-0.2, 0) is 4.79 Å². The fraction of sp³-hybridized carbons (Fsp3) is 0.652. The van der Waals surface area contributed by atoms with Gasteiger partial charge in [0.1, 0.15) is 6.61 Å². The summed E-state index contributed by atoms with van der Waals surface area (Å²) in [5.74, 6) is 0.469. The van der Waals surface area contributed by atoms with Crippen LogP contribution in [0.3, 0.4) is 0 Å². The smallest absolute Gasteiger partial charge is 0.248 e. The Hall–Kier alpha value is -1.92. The molecule has 1 aromatic rings. The van der Waals surface area contributed by atoms with Gasteiger partial charge in [-0.05, 0) is 74.5 Å². The van der Waals surface area contributed by atoms with Crippen LogP contribution < -0.4 is 11.1 Å². The number of nitrogens with one attached hydrogen (secondary N) is 1. The summed E-state index contributed by atoms with van der Waals surface area (Å²) in [4.78, 5) is 25.7. The molecule has 2 amide bonds. The number of primary amides is 1. The Kier molecular flexibility index (Phi) is 5.93. The van der Waals surface area contributed by atoms with Gasteiger partial charge in [0.2, 0.25) is 11.8 Å². The normalized spacial score (nSPS) is 28.7. The van der Waals surface area contributed by atoms with Crippen molar-refractivity contribution < 1.29 is 14.7 Å². The number of amides is 2. The van der Waals surface area contributed by atoms with Gasteiger partial charge in [-0.3, -0.25) is 9.59 Å². The van der Waals surface area contributed by atoms with E-state index in [-0.39, 0.29) is 17.4 Å². The third-order valence-electron chi connectivity index (χ3n) is 7.38. The molecular formula is C23H33N3O3. The van der Waals surface area contributed by atoms with Crippen molar-refractivity contribution in [3.05, 3.63) is 35.4 Å². The maximum atomic E-state index is 12.3. The van der Waals surface area contributed by atoms with E-state index in [1.165, 1.54) is 24.8 Å². The number of nitrogens with two attached hydrogens (primary N) is 1. The predicted octanol–water partition coefficient (Wildman–Crippen LogP) is 2.16. The van der Waals surface area contributed by atoms with E-state index in [1.54, 1.807) is 6.07 Å². The van der Waals surface area contributed by atoms with Crippen LogP contribution in [0.25, 0.3) is 0 Å². The molecule has 1 aromatic carbocycles. The predicted molar refractivity (Wildman–Crippen MR) is 111 cm³/mol. The Bertz CT molecular complexity index is 763. The first kappa shape index (κ1) is 20.4. The third kappa shape index (κ3) is 4.48. The standard InChI is InChI=1S/C23H33N3O3/c24-22(29)18-6-2-5-17(11-18)19-12-20-7-8-23(13-19,25-20)9-10-26(21(28)15-27)14-16-3-1-4-16/h2,5-6,11,16,19-20,25,27H,1,3-4,7-10,12-15H2,(H2,24,29)/t19?,20?,23-/m1/s1. The minimum Gasteiger partial charge on any atom is -0.387 e. The van der Waals surface area contributed by atoms with Gasteiger partial charge in [-0.15, -0.1) is 0 Å². The van der Waals surface area contributed by atoms with Gasteiger partial charge in [-0.25, -0.2) is 0 Å². The second-order valence-electron chi connectivity index (χ2n) is 9.33. The van der Waals surface area contributed by atoms with Gasteiger partial charge in [0.05, 0.1) is 0 Å². The third-order valence-corrected chi connectivity index (χ3v) is 7.38. The molecule has 2 saturated heterocycles. The van der Waals surface area contributed by atoms with Crippen LogP contribution in [0.5, 0.6) is 0 Å². The van der Waals surface area contributed by atoms with Crippen LogP contribution in [0.2, 0.25) is 0 Å². The lowest BCUT2D eigenvalue weighted by Gasteiger charge is -2.41. The zero-order valence-electron chi connectivity index (χ0n) is 17.1. The highest BCUT2D eigenvalue weighted by Crippen LogP contribution is 2.45. The minimum absolute atomic E-state index is 0.0317. The molecular weight excluding hydrogens is 366 g/mol. The lowest BCUT2D eigenvalue weighted by atomic mass is 9.77. The average molecular weight is 400 g/mol. The van der Waals surface area contributed by atoms with Crippen LogP contribution in [0.1, 0.15) is 73.2 Å². The SMILES string of the molecule is NC(=O)c1cccc(C2CC3CC[C@@](CCN(CC4CCC4)C(=O)CO)(C2)N3)c1. The Morgan fingerprint density at radius 3 is 2.79 bits per heavy atom. The summed E-state index contributed by atoms with van der Waals surface area (Å²) in [5.41, 5.74) is 7.27. The highest BCUT2D eigenvalue weighted by atomic mass is 16.3. The van der Waals surface area contributed by atoms with Crippen molar-refractivity contribution >= 4 is 11.8 Å². The molecule has 0 radical (unpaired) electrons. The van der Waals surface area contributed by atoms with Crippen molar-refractivity contribution in [2.24, 2.45) is 11.7 Å². The molecule has 3 fully saturated rings. The molecule has 3 atom stereocenters. The largest absolute Gasteiger partial charge is 0.387 e. The van der Waals surface area contributed by atoms with E-state index in [9.17, 15) is 14.7 Å². The van der Waals surface area contributed by atoms with E-state index in [2.05, 4.69) is 11.4 Å². The number of hydrogen-bond acceptors (Lipinski definition) is 4. The summed E-state index contributed by atoms with van der Waals surface area (Å²) in [6.45, 7) is 1.07. The van der Waals surface area contributed by atoms with Gasteiger partial charge in [0.15, 0.2) is 0 Å². The first-order valence-electron chi connectivity index (χ1n) is 11.0. The summed E-state index contributed by atoms with van der Waals surface area (Å²) in [6.07, 6.45) is 8.91. The molecule has 4 N–H and O–H groups in total. The molecule has 158 valence electrons. The maximum absolute atomic E-state index is 12.3. The average Bonchev–Trinajstić information content (AvgIpc) is 3.00. The monoisotopic (exact) mass is 399 g/mol. The number of benzene rings is 1. The molecule has 2 unspecified atom stereocenters. The van der Waals surface area contributed by atoms with Crippen molar-refractivity contribution in [1.29, 1.82) is 0 Å². The van der Waals surface area contributed by atoms with Crippen molar-refractivity contribution in [1.82, 2.24) is 10.2 Å². The Morgan fingerprint density at radius 2 is 2.10 bits per heavy atom. The highest BCUT2D eigenvalue weighted by molar-refractivity contribution is 5.92. The van der Waals surface area contributed by atoms with Crippen LogP contribution in [0.4, 0.5) is 0 Å². The Balaban J connectivity index is 1.44. The zero-order chi connectivity index (χ0) is 20.4. The minimum atomic E-state index is -0.404. The summed E-state index contributed by atoms with van der Waals surface area (Å²) in [7, 11) is 0. The summed E-state index contributed by atoms with van der Waals surface area (Å²) < 4.78 is 0. The van der Waals surface area contributed by atoms with Gasteiger partial charge in [0.25, 0.3) is 0 Å². The van der Waals surface area contributed by atoms with E-state index in [0.717, 1.165) is 38.6 Å². The molecule has 4 rings (SSSR count). The number of aliphatic hydroxyl groups excluding tert-OH is 1. The summed E-state index contributed by atoms with van der Waals surface area (Å²) in [5, 5.41) is 13.2. The quantitative estimate of drug-likeness (QED) is 0.624. The molecule has 0 spiro atoms. The molecule has 1 aliphatic carbocycles.